The third-order valence-electron chi connectivity index (χ3n) is 2.37. The number of nitrogens with two attached hydrogens (primary N) is 1. The van der Waals surface area contributed by atoms with Crippen molar-refractivity contribution in [2.45, 2.75) is 19.9 Å². The van der Waals surface area contributed by atoms with E-state index in [1.54, 1.807) is 31.3 Å². The standard InChI is InChI=1S/C13H19N3O2.ClH/c1-9(2)15-12(17)8-16(3)13(18)10-6-4-5-7-11(10)14;/h4-7,9H,8,14H2,1-3H3,(H,15,17);1H. The van der Waals surface area contributed by atoms with Gasteiger partial charge in [-0.1, -0.05) is 12.1 Å². The van der Waals surface area contributed by atoms with Crippen LogP contribution in [-0.4, -0.2) is 36.3 Å². The molecule has 0 aliphatic rings. The van der Waals surface area contributed by atoms with E-state index in [1.807, 2.05) is 13.8 Å². The van der Waals surface area contributed by atoms with Crippen LogP contribution in [0.25, 0.3) is 0 Å². The van der Waals surface area contributed by atoms with Crippen LogP contribution in [0.5, 0.6) is 0 Å². The van der Waals surface area contributed by atoms with Crippen molar-refractivity contribution >= 4 is 29.9 Å². The lowest BCUT2D eigenvalue weighted by Gasteiger charge is -2.18. The first-order valence-electron chi connectivity index (χ1n) is 5.81. The average molecular weight is 286 g/mol. The minimum Gasteiger partial charge on any atom is -0.398 e. The maximum Gasteiger partial charge on any atom is 0.256 e. The topological polar surface area (TPSA) is 75.4 Å². The minimum absolute atomic E-state index is 0. The first-order chi connectivity index (χ1) is 8.41. The number of carbonyl (C=O) groups is 2. The summed E-state index contributed by atoms with van der Waals surface area (Å²) in [6, 6.07) is 6.87. The fourth-order valence-corrected chi connectivity index (χ4v) is 1.55. The second kappa shape index (κ2) is 7.63. The molecule has 0 heterocycles. The molecule has 19 heavy (non-hydrogen) atoms. The molecule has 0 saturated carbocycles. The molecule has 5 nitrogen and oxygen atoms in total. The Labute approximate surface area is 119 Å². The van der Waals surface area contributed by atoms with E-state index in [0.717, 1.165) is 0 Å². The Bertz CT molecular complexity index is 449. The second-order valence-electron chi connectivity index (χ2n) is 4.47. The fraction of sp³-hybridized carbons (Fsp3) is 0.385. The van der Waals surface area contributed by atoms with Crippen LogP contribution in [0.4, 0.5) is 5.69 Å². The lowest BCUT2D eigenvalue weighted by atomic mass is 10.1. The summed E-state index contributed by atoms with van der Waals surface area (Å²) in [4.78, 5) is 25.0. The van der Waals surface area contributed by atoms with Gasteiger partial charge in [-0.2, -0.15) is 0 Å². The zero-order chi connectivity index (χ0) is 13.7. The number of benzene rings is 1. The number of hydrogen-bond donors (Lipinski definition) is 2. The van der Waals surface area contributed by atoms with Gasteiger partial charge < -0.3 is 16.0 Å². The number of rotatable bonds is 4. The molecule has 3 N–H and O–H groups in total. The number of hydrogen-bond acceptors (Lipinski definition) is 3. The van der Waals surface area contributed by atoms with E-state index in [2.05, 4.69) is 5.32 Å². The van der Waals surface area contributed by atoms with Crippen molar-refractivity contribution in [3.63, 3.8) is 0 Å². The molecule has 0 unspecified atom stereocenters. The SMILES string of the molecule is CC(C)NC(=O)CN(C)C(=O)c1ccccc1N.Cl. The molecule has 106 valence electrons. The summed E-state index contributed by atoms with van der Waals surface area (Å²) in [5.74, 6) is -0.442. The first kappa shape index (κ1) is 17.2. The molecule has 0 aliphatic carbocycles. The molecule has 0 aromatic heterocycles. The van der Waals surface area contributed by atoms with Crippen molar-refractivity contribution in [1.82, 2.24) is 10.2 Å². The Morgan fingerprint density at radius 3 is 2.42 bits per heavy atom. The molecule has 0 atom stereocenters. The minimum atomic E-state index is -0.257. The number of halogens is 1. The predicted molar refractivity (Wildman–Crippen MR) is 78.3 cm³/mol. The van der Waals surface area contributed by atoms with E-state index in [0.29, 0.717) is 11.3 Å². The van der Waals surface area contributed by atoms with Crippen LogP contribution in [0.2, 0.25) is 0 Å². The van der Waals surface area contributed by atoms with Crippen LogP contribution < -0.4 is 11.1 Å². The van der Waals surface area contributed by atoms with Crippen LogP contribution >= 0.6 is 12.4 Å². The molecule has 1 aromatic rings. The Balaban J connectivity index is 0.00000324. The van der Waals surface area contributed by atoms with Gasteiger partial charge >= 0.3 is 0 Å². The Morgan fingerprint density at radius 2 is 1.89 bits per heavy atom. The summed E-state index contributed by atoms with van der Waals surface area (Å²) < 4.78 is 0. The molecule has 2 amide bonds. The average Bonchev–Trinajstić information content (AvgIpc) is 2.27. The quantitative estimate of drug-likeness (QED) is 0.819. The van der Waals surface area contributed by atoms with Gasteiger partial charge in [-0.05, 0) is 26.0 Å². The molecule has 0 radical (unpaired) electrons. The molecule has 0 bridgehead atoms. The number of amides is 2. The van der Waals surface area contributed by atoms with Gasteiger partial charge in [-0.25, -0.2) is 0 Å². The van der Waals surface area contributed by atoms with Crippen LogP contribution in [-0.2, 0) is 4.79 Å². The number of carbonyl (C=O) groups excluding carboxylic acids is 2. The monoisotopic (exact) mass is 285 g/mol. The van der Waals surface area contributed by atoms with Crippen LogP contribution in [0, 0.1) is 0 Å². The highest BCUT2D eigenvalue weighted by molar-refractivity contribution is 6.00. The van der Waals surface area contributed by atoms with Gasteiger partial charge in [0.1, 0.15) is 0 Å². The predicted octanol–water partition coefficient (Wildman–Crippen LogP) is 1.29. The van der Waals surface area contributed by atoms with Crippen LogP contribution in [0.3, 0.4) is 0 Å². The molecule has 0 saturated heterocycles. The largest absolute Gasteiger partial charge is 0.398 e. The number of nitrogen functional groups attached to an aromatic ring is 1. The first-order valence-corrected chi connectivity index (χ1v) is 5.81. The van der Waals surface area contributed by atoms with Crippen LogP contribution in [0.15, 0.2) is 24.3 Å². The zero-order valence-electron chi connectivity index (χ0n) is 11.3. The summed E-state index contributed by atoms with van der Waals surface area (Å²) in [6.45, 7) is 3.76. The number of para-hydroxylation sites is 1. The number of nitrogens with one attached hydrogen (secondary N) is 1. The van der Waals surface area contributed by atoms with Gasteiger partial charge in [-0.15, -0.1) is 12.4 Å². The van der Waals surface area contributed by atoms with Crippen molar-refractivity contribution in [1.29, 1.82) is 0 Å². The fourth-order valence-electron chi connectivity index (χ4n) is 1.55. The highest BCUT2D eigenvalue weighted by atomic mass is 35.5. The molecule has 0 spiro atoms. The zero-order valence-corrected chi connectivity index (χ0v) is 12.2. The van der Waals surface area contributed by atoms with Crippen molar-refractivity contribution in [2.75, 3.05) is 19.3 Å². The lowest BCUT2D eigenvalue weighted by molar-refractivity contribution is -0.122. The van der Waals surface area contributed by atoms with Gasteiger partial charge in [-0.3, -0.25) is 9.59 Å². The third-order valence-corrected chi connectivity index (χ3v) is 2.37. The molecular formula is C13H20ClN3O2. The van der Waals surface area contributed by atoms with E-state index in [1.165, 1.54) is 4.90 Å². The van der Waals surface area contributed by atoms with E-state index in [4.69, 9.17) is 5.73 Å². The maximum absolute atomic E-state index is 12.1. The number of nitrogens with zero attached hydrogens (tertiary/aromatic N) is 1. The summed E-state index contributed by atoms with van der Waals surface area (Å²) in [6.07, 6.45) is 0. The Hall–Kier alpha value is -1.75. The van der Waals surface area contributed by atoms with E-state index >= 15 is 0 Å². The molecule has 1 aromatic carbocycles. The second-order valence-corrected chi connectivity index (χ2v) is 4.47. The number of anilines is 1. The van der Waals surface area contributed by atoms with Crippen molar-refractivity contribution in [3.05, 3.63) is 29.8 Å². The molecule has 0 aliphatic heterocycles. The Kier molecular flexibility index (Phi) is 6.93. The molecule has 0 fully saturated rings. The summed E-state index contributed by atoms with van der Waals surface area (Å²) in [5.41, 5.74) is 6.55. The summed E-state index contributed by atoms with van der Waals surface area (Å²) in [5, 5.41) is 2.73. The summed E-state index contributed by atoms with van der Waals surface area (Å²) in [7, 11) is 1.58. The van der Waals surface area contributed by atoms with Gasteiger partial charge in [0.05, 0.1) is 12.1 Å². The van der Waals surface area contributed by atoms with Crippen molar-refractivity contribution in [2.24, 2.45) is 0 Å². The Morgan fingerprint density at radius 1 is 1.32 bits per heavy atom. The van der Waals surface area contributed by atoms with E-state index in [9.17, 15) is 9.59 Å². The molecular weight excluding hydrogens is 266 g/mol. The maximum atomic E-state index is 12.1. The lowest BCUT2D eigenvalue weighted by Crippen LogP contribution is -2.41. The third kappa shape index (κ3) is 5.18. The van der Waals surface area contributed by atoms with E-state index < -0.39 is 0 Å². The van der Waals surface area contributed by atoms with Gasteiger partial charge in [0.15, 0.2) is 0 Å². The van der Waals surface area contributed by atoms with Crippen LogP contribution in [0.1, 0.15) is 24.2 Å². The van der Waals surface area contributed by atoms with Gasteiger partial charge in [0, 0.05) is 18.8 Å². The normalized spacial score (nSPS) is 9.68. The molecule has 1 rings (SSSR count). The highest BCUT2D eigenvalue weighted by Gasteiger charge is 2.16. The van der Waals surface area contributed by atoms with Crippen molar-refractivity contribution < 1.29 is 9.59 Å². The smallest absolute Gasteiger partial charge is 0.256 e. The van der Waals surface area contributed by atoms with E-state index in [-0.39, 0.29) is 36.8 Å². The van der Waals surface area contributed by atoms with Gasteiger partial charge in [0.25, 0.3) is 5.91 Å². The molecule has 6 heteroatoms. The van der Waals surface area contributed by atoms with Gasteiger partial charge in [0.2, 0.25) is 5.91 Å². The highest BCUT2D eigenvalue weighted by Crippen LogP contribution is 2.12. The van der Waals surface area contributed by atoms with Crippen molar-refractivity contribution in [3.8, 4) is 0 Å². The number of likely N-dealkylation sites (N-methyl/N-ethyl adjacent to an activating group) is 1. The summed E-state index contributed by atoms with van der Waals surface area (Å²) >= 11 is 0.